The first kappa shape index (κ1) is 14.2. The Kier molecular flexibility index (Phi) is 4.03. The monoisotopic (exact) mass is 287 g/mol. The maximum Gasteiger partial charge on any atom is 0.241 e. The maximum absolute atomic E-state index is 5.74. The van der Waals surface area contributed by atoms with E-state index in [-0.39, 0.29) is 12.2 Å². The minimum absolute atomic E-state index is 0.243. The maximum atomic E-state index is 5.74. The van der Waals surface area contributed by atoms with Crippen LogP contribution in [0.1, 0.15) is 25.3 Å². The van der Waals surface area contributed by atoms with E-state index in [1.54, 1.807) is 0 Å². The lowest BCUT2D eigenvalue weighted by molar-refractivity contribution is -0.0725. The third-order valence-electron chi connectivity index (χ3n) is 3.71. The van der Waals surface area contributed by atoms with Crippen molar-refractivity contribution in [1.82, 2.24) is 15.0 Å². The van der Waals surface area contributed by atoms with Crippen molar-refractivity contribution in [3.8, 4) is 11.4 Å². The number of hydrogen-bond donors (Lipinski definition) is 0. The number of hydrogen-bond acceptors (Lipinski definition) is 5. The second-order valence-corrected chi connectivity index (χ2v) is 5.78. The molecule has 0 bridgehead atoms. The number of ether oxygens (including phenoxy) is 1. The van der Waals surface area contributed by atoms with Crippen LogP contribution < -0.4 is 0 Å². The molecule has 2 aromatic rings. The van der Waals surface area contributed by atoms with Crippen LogP contribution in [-0.2, 0) is 11.3 Å². The molecule has 1 aromatic carbocycles. The molecule has 2 heterocycles. The smallest absolute Gasteiger partial charge is 0.241 e. The fourth-order valence-corrected chi connectivity index (χ4v) is 2.86. The number of aromatic nitrogens is 2. The normalized spacial score (nSPS) is 23.4. The second-order valence-electron chi connectivity index (χ2n) is 5.78. The average molecular weight is 287 g/mol. The zero-order valence-corrected chi connectivity index (χ0v) is 12.7. The van der Waals surface area contributed by atoms with Crippen LogP contribution in [-0.4, -0.2) is 40.3 Å². The zero-order valence-electron chi connectivity index (χ0n) is 12.7. The second kappa shape index (κ2) is 5.95. The lowest BCUT2D eigenvalue weighted by atomic mass is 10.1. The van der Waals surface area contributed by atoms with E-state index in [2.05, 4.69) is 41.9 Å². The van der Waals surface area contributed by atoms with E-state index < -0.39 is 0 Å². The van der Waals surface area contributed by atoms with E-state index in [0.717, 1.165) is 24.2 Å². The fraction of sp³-hybridized carbons (Fsp3) is 0.500. The lowest BCUT2D eigenvalue weighted by Gasteiger charge is -2.34. The molecule has 5 nitrogen and oxygen atoms in total. The SMILES string of the molecule is Cc1ccccc1-c1noc(CN2C[C@@H](C)O[C@H](C)C2)n1. The molecule has 112 valence electrons. The van der Waals surface area contributed by atoms with E-state index in [1.807, 2.05) is 18.2 Å². The molecule has 0 N–H and O–H groups in total. The molecule has 3 rings (SSSR count). The van der Waals surface area contributed by atoms with Crippen LogP contribution in [0, 0.1) is 6.92 Å². The molecule has 1 aromatic heterocycles. The molecular weight excluding hydrogens is 266 g/mol. The van der Waals surface area contributed by atoms with Gasteiger partial charge in [-0.1, -0.05) is 29.4 Å². The van der Waals surface area contributed by atoms with Crippen LogP contribution in [0.2, 0.25) is 0 Å². The Balaban J connectivity index is 1.72. The van der Waals surface area contributed by atoms with Gasteiger partial charge in [0.25, 0.3) is 0 Å². The van der Waals surface area contributed by atoms with Crippen molar-refractivity contribution >= 4 is 0 Å². The number of nitrogens with zero attached hydrogens (tertiary/aromatic N) is 3. The predicted octanol–water partition coefficient (Wildman–Crippen LogP) is 2.65. The molecule has 0 spiro atoms. The molecule has 1 aliphatic heterocycles. The molecule has 0 aliphatic carbocycles. The molecule has 0 unspecified atom stereocenters. The van der Waals surface area contributed by atoms with Crippen molar-refractivity contribution in [3.63, 3.8) is 0 Å². The Morgan fingerprint density at radius 1 is 1.19 bits per heavy atom. The number of benzene rings is 1. The van der Waals surface area contributed by atoms with Crippen molar-refractivity contribution in [1.29, 1.82) is 0 Å². The molecule has 1 fully saturated rings. The van der Waals surface area contributed by atoms with Crippen LogP contribution in [0.15, 0.2) is 28.8 Å². The number of aryl methyl sites for hydroxylation is 1. The van der Waals surface area contributed by atoms with Crippen LogP contribution in [0.25, 0.3) is 11.4 Å². The van der Waals surface area contributed by atoms with Gasteiger partial charge in [-0.3, -0.25) is 4.90 Å². The lowest BCUT2D eigenvalue weighted by Crippen LogP contribution is -2.44. The Morgan fingerprint density at radius 3 is 2.62 bits per heavy atom. The highest BCUT2D eigenvalue weighted by Crippen LogP contribution is 2.21. The summed E-state index contributed by atoms with van der Waals surface area (Å²) in [5, 5.41) is 4.11. The molecule has 1 aliphatic rings. The summed E-state index contributed by atoms with van der Waals surface area (Å²) in [6.45, 7) is 8.71. The van der Waals surface area contributed by atoms with Gasteiger partial charge >= 0.3 is 0 Å². The van der Waals surface area contributed by atoms with Gasteiger partial charge in [0.1, 0.15) is 0 Å². The van der Waals surface area contributed by atoms with E-state index in [0.29, 0.717) is 18.3 Å². The van der Waals surface area contributed by atoms with Gasteiger partial charge in [0, 0.05) is 18.7 Å². The van der Waals surface area contributed by atoms with Crippen LogP contribution in [0.3, 0.4) is 0 Å². The summed E-state index contributed by atoms with van der Waals surface area (Å²) in [6.07, 6.45) is 0.486. The quantitative estimate of drug-likeness (QED) is 0.868. The van der Waals surface area contributed by atoms with E-state index in [1.165, 1.54) is 0 Å². The van der Waals surface area contributed by atoms with Gasteiger partial charge < -0.3 is 9.26 Å². The number of rotatable bonds is 3. The molecule has 0 radical (unpaired) electrons. The summed E-state index contributed by atoms with van der Waals surface area (Å²) in [5.74, 6) is 1.33. The summed E-state index contributed by atoms with van der Waals surface area (Å²) >= 11 is 0. The summed E-state index contributed by atoms with van der Waals surface area (Å²) in [4.78, 5) is 6.82. The minimum atomic E-state index is 0.243. The first-order valence-electron chi connectivity index (χ1n) is 7.38. The van der Waals surface area contributed by atoms with Crippen molar-refractivity contribution in [3.05, 3.63) is 35.7 Å². The Labute approximate surface area is 124 Å². The van der Waals surface area contributed by atoms with Gasteiger partial charge in [0.2, 0.25) is 11.7 Å². The standard InChI is InChI=1S/C16H21N3O2/c1-11-6-4-5-7-14(11)16-17-15(21-18-16)10-19-8-12(2)20-13(3)9-19/h4-7,12-13H,8-10H2,1-3H3/t12-,13-/m1/s1. The first-order chi connectivity index (χ1) is 10.1. The fourth-order valence-electron chi connectivity index (χ4n) is 2.86. The Bertz CT molecular complexity index is 601. The summed E-state index contributed by atoms with van der Waals surface area (Å²) < 4.78 is 11.1. The third kappa shape index (κ3) is 3.31. The highest BCUT2D eigenvalue weighted by atomic mass is 16.5. The molecule has 0 amide bonds. The van der Waals surface area contributed by atoms with Crippen LogP contribution >= 0.6 is 0 Å². The highest BCUT2D eigenvalue weighted by Gasteiger charge is 2.24. The van der Waals surface area contributed by atoms with Gasteiger partial charge in [-0.15, -0.1) is 0 Å². The highest BCUT2D eigenvalue weighted by molar-refractivity contribution is 5.58. The molecule has 1 saturated heterocycles. The third-order valence-corrected chi connectivity index (χ3v) is 3.71. The predicted molar refractivity (Wildman–Crippen MR) is 79.8 cm³/mol. The molecule has 2 atom stereocenters. The van der Waals surface area contributed by atoms with Crippen LogP contribution in [0.5, 0.6) is 0 Å². The van der Waals surface area contributed by atoms with Crippen molar-refractivity contribution < 1.29 is 9.26 Å². The van der Waals surface area contributed by atoms with Crippen molar-refractivity contribution in [2.75, 3.05) is 13.1 Å². The van der Waals surface area contributed by atoms with Gasteiger partial charge in [-0.25, -0.2) is 0 Å². The molecule has 5 heteroatoms. The van der Waals surface area contributed by atoms with E-state index in [4.69, 9.17) is 9.26 Å². The largest absolute Gasteiger partial charge is 0.373 e. The van der Waals surface area contributed by atoms with E-state index in [9.17, 15) is 0 Å². The van der Waals surface area contributed by atoms with E-state index >= 15 is 0 Å². The average Bonchev–Trinajstić information content (AvgIpc) is 2.86. The Morgan fingerprint density at radius 2 is 1.90 bits per heavy atom. The summed E-state index contributed by atoms with van der Waals surface area (Å²) in [5.41, 5.74) is 2.18. The van der Waals surface area contributed by atoms with Gasteiger partial charge in [0.05, 0.1) is 18.8 Å². The Hall–Kier alpha value is -1.72. The molecular formula is C16H21N3O2. The minimum Gasteiger partial charge on any atom is -0.373 e. The van der Waals surface area contributed by atoms with Gasteiger partial charge in [-0.2, -0.15) is 4.98 Å². The molecule has 21 heavy (non-hydrogen) atoms. The van der Waals surface area contributed by atoms with Gasteiger partial charge in [-0.05, 0) is 26.3 Å². The van der Waals surface area contributed by atoms with Crippen molar-refractivity contribution in [2.24, 2.45) is 0 Å². The summed E-state index contributed by atoms with van der Waals surface area (Å²) in [6, 6.07) is 8.07. The van der Waals surface area contributed by atoms with Crippen molar-refractivity contribution in [2.45, 2.75) is 39.5 Å². The molecule has 0 saturated carbocycles. The van der Waals surface area contributed by atoms with Gasteiger partial charge in [0.15, 0.2) is 0 Å². The topological polar surface area (TPSA) is 51.4 Å². The number of morpholine rings is 1. The summed E-state index contributed by atoms with van der Waals surface area (Å²) in [7, 11) is 0. The first-order valence-corrected chi connectivity index (χ1v) is 7.38. The van der Waals surface area contributed by atoms with Crippen LogP contribution in [0.4, 0.5) is 0 Å². The zero-order chi connectivity index (χ0) is 14.8.